The van der Waals surface area contributed by atoms with E-state index < -0.39 is 11.6 Å². The van der Waals surface area contributed by atoms with E-state index in [4.69, 9.17) is 16.1 Å². The van der Waals surface area contributed by atoms with Crippen LogP contribution in [0.15, 0.2) is 49.2 Å². The van der Waals surface area contributed by atoms with Gasteiger partial charge in [0.05, 0.1) is 10.9 Å². The summed E-state index contributed by atoms with van der Waals surface area (Å²) in [5.74, 6) is 1.64. The van der Waals surface area contributed by atoms with Gasteiger partial charge >= 0.3 is 6.01 Å². The van der Waals surface area contributed by atoms with Gasteiger partial charge in [0, 0.05) is 48.4 Å². The first-order valence-electron chi connectivity index (χ1n) is 15.4. The van der Waals surface area contributed by atoms with Crippen molar-refractivity contribution < 1.29 is 18.3 Å². The van der Waals surface area contributed by atoms with Crippen LogP contribution in [0.25, 0.3) is 32.9 Å². The maximum absolute atomic E-state index is 16.7. The van der Waals surface area contributed by atoms with Crippen molar-refractivity contribution in [2.45, 2.75) is 50.2 Å². The molecule has 2 aromatic carbocycles. The Hall–Kier alpha value is -4.62. The van der Waals surface area contributed by atoms with Gasteiger partial charge in [-0.25, -0.2) is 8.78 Å². The van der Waals surface area contributed by atoms with Gasteiger partial charge in [0.2, 0.25) is 5.91 Å². The number of likely N-dealkylation sites (tertiary alicyclic amines) is 1. The Labute approximate surface area is 260 Å². The quantitative estimate of drug-likeness (QED) is 0.216. The summed E-state index contributed by atoms with van der Waals surface area (Å²) in [6, 6.07) is 8.45. The third-order valence-electron chi connectivity index (χ3n) is 9.57. The smallest absolute Gasteiger partial charge is 0.319 e. The molecule has 5 heterocycles. The number of likely N-dealkylation sites (N-methyl/N-ethyl adjacent to an activating group) is 1. The number of terminal acetylenes is 1. The number of nitrogens with zero attached hydrogens (tertiary/aromatic N) is 6. The number of carbonyl (C=O) groups is 1. The standard InChI is InChI=1S/C35H34F2N6O2/c1-4-25-28(36)15-12-21-9-8-11-26(30(21)25)32-31(37)33-27(17-38-32)34(40-35(39-33)45-20-24-10-6-7-16-41(24)3)42-18-22-13-14-23(19-42)43(22)29(44)5-2/h1,5,8-9,11-12,15,17,22-24H,2,6-7,10,13-14,16,18-20H2,3H3/t22-,23+,24-/m0/s1. The molecule has 0 spiro atoms. The molecule has 4 aromatic rings. The largest absolute Gasteiger partial charge is 0.462 e. The molecule has 2 aromatic heterocycles. The van der Waals surface area contributed by atoms with Crippen molar-refractivity contribution in [3.05, 3.63) is 66.4 Å². The molecule has 45 heavy (non-hydrogen) atoms. The Morgan fingerprint density at radius 1 is 1.13 bits per heavy atom. The molecule has 3 atom stereocenters. The zero-order valence-corrected chi connectivity index (χ0v) is 25.2. The fourth-order valence-electron chi connectivity index (χ4n) is 7.27. The molecule has 3 aliphatic heterocycles. The summed E-state index contributed by atoms with van der Waals surface area (Å²) in [5, 5.41) is 1.52. The lowest BCUT2D eigenvalue weighted by Crippen LogP contribution is -2.55. The van der Waals surface area contributed by atoms with Crippen LogP contribution in [-0.4, -0.2) is 82.1 Å². The van der Waals surface area contributed by atoms with E-state index in [-0.39, 0.29) is 46.8 Å². The number of piperidine rings is 1. The normalized spacial score (nSPS) is 21.7. The highest BCUT2D eigenvalue weighted by Gasteiger charge is 2.42. The summed E-state index contributed by atoms with van der Waals surface area (Å²) in [6.45, 7) is 6.11. The molecule has 1 amide bonds. The van der Waals surface area contributed by atoms with Crippen molar-refractivity contribution in [2.75, 3.05) is 38.2 Å². The summed E-state index contributed by atoms with van der Waals surface area (Å²) in [6.07, 6.45) is 13.6. The Kier molecular flexibility index (Phi) is 7.58. The zero-order valence-electron chi connectivity index (χ0n) is 25.2. The number of halogens is 2. The highest BCUT2D eigenvalue weighted by molar-refractivity contribution is 6.02. The van der Waals surface area contributed by atoms with E-state index in [1.54, 1.807) is 30.5 Å². The molecule has 0 unspecified atom stereocenters. The van der Waals surface area contributed by atoms with Gasteiger partial charge in [0.25, 0.3) is 0 Å². The third-order valence-corrected chi connectivity index (χ3v) is 9.57. The second-order valence-corrected chi connectivity index (χ2v) is 12.2. The van der Waals surface area contributed by atoms with Gasteiger partial charge in [-0.1, -0.05) is 43.2 Å². The monoisotopic (exact) mass is 608 g/mol. The number of anilines is 1. The molecule has 8 nitrogen and oxygen atoms in total. The lowest BCUT2D eigenvalue weighted by molar-refractivity contribution is -0.129. The van der Waals surface area contributed by atoms with Gasteiger partial charge in [0.15, 0.2) is 5.82 Å². The average molecular weight is 609 g/mol. The van der Waals surface area contributed by atoms with E-state index in [0.717, 1.165) is 38.6 Å². The number of aromatic nitrogens is 3. The Bertz CT molecular complexity index is 1860. The molecule has 0 saturated carbocycles. The van der Waals surface area contributed by atoms with Crippen LogP contribution >= 0.6 is 0 Å². The molecule has 0 radical (unpaired) electrons. The molecular weight excluding hydrogens is 574 g/mol. The second-order valence-electron chi connectivity index (χ2n) is 12.2. The van der Waals surface area contributed by atoms with Crippen molar-refractivity contribution in [1.29, 1.82) is 0 Å². The summed E-state index contributed by atoms with van der Waals surface area (Å²) >= 11 is 0. The number of piperazine rings is 1. The van der Waals surface area contributed by atoms with Gasteiger partial charge in [-0.15, -0.1) is 6.42 Å². The summed E-state index contributed by atoms with van der Waals surface area (Å²) in [5.41, 5.74) is 0.500. The Morgan fingerprint density at radius 3 is 2.67 bits per heavy atom. The zero-order chi connectivity index (χ0) is 31.2. The first-order valence-corrected chi connectivity index (χ1v) is 15.4. The van der Waals surface area contributed by atoms with E-state index in [9.17, 15) is 9.18 Å². The van der Waals surface area contributed by atoms with Gasteiger partial charge in [-0.05, 0) is 56.8 Å². The highest BCUT2D eigenvalue weighted by Crippen LogP contribution is 2.39. The minimum absolute atomic E-state index is 0.00985. The molecular formula is C35H34F2N6O2. The number of hydrogen-bond donors (Lipinski definition) is 0. The van der Waals surface area contributed by atoms with Gasteiger partial charge in [-0.2, -0.15) is 9.97 Å². The predicted molar refractivity (Wildman–Crippen MR) is 170 cm³/mol. The van der Waals surface area contributed by atoms with Crippen LogP contribution in [0.2, 0.25) is 0 Å². The maximum Gasteiger partial charge on any atom is 0.319 e. The van der Waals surface area contributed by atoms with Crippen LogP contribution < -0.4 is 9.64 Å². The molecule has 0 N–H and O–H groups in total. The van der Waals surface area contributed by atoms with Crippen LogP contribution in [0.5, 0.6) is 6.01 Å². The lowest BCUT2D eigenvalue weighted by atomic mass is 9.96. The fraction of sp³-hybridized carbons (Fsp3) is 0.371. The van der Waals surface area contributed by atoms with Gasteiger partial charge in [0.1, 0.15) is 29.5 Å². The fourth-order valence-corrected chi connectivity index (χ4v) is 7.27. The van der Waals surface area contributed by atoms with E-state index in [1.807, 2.05) is 4.90 Å². The van der Waals surface area contributed by atoms with Crippen molar-refractivity contribution in [3.8, 4) is 29.6 Å². The van der Waals surface area contributed by atoms with E-state index in [0.29, 0.717) is 47.2 Å². The molecule has 3 saturated heterocycles. The van der Waals surface area contributed by atoms with Crippen molar-refractivity contribution >= 4 is 33.4 Å². The predicted octanol–water partition coefficient (Wildman–Crippen LogP) is 5.33. The molecule has 3 fully saturated rings. The highest BCUT2D eigenvalue weighted by atomic mass is 19.1. The average Bonchev–Trinajstić information content (AvgIpc) is 3.32. The van der Waals surface area contributed by atoms with Gasteiger partial charge < -0.3 is 19.4 Å². The molecule has 2 bridgehead atoms. The number of benzene rings is 2. The minimum Gasteiger partial charge on any atom is -0.462 e. The maximum atomic E-state index is 16.7. The number of carbonyl (C=O) groups excluding carboxylic acids is 1. The second kappa shape index (κ2) is 11.7. The number of fused-ring (bicyclic) bond motifs is 4. The SMILES string of the molecule is C#Cc1c(F)ccc2cccc(-c3ncc4c(N5C[C@H]6CC[C@@H](C5)N6C(=O)C=C)nc(OC[C@@H]5CCCCN5C)nc4c3F)c12. The van der Waals surface area contributed by atoms with E-state index >= 15 is 4.39 Å². The molecule has 3 aliphatic rings. The number of ether oxygens (including phenoxy) is 1. The first kappa shape index (κ1) is 29.1. The van der Waals surface area contributed by atoms with Crippen molar-refractivity contribution in [2.24, 2.45) is 0 Å². The molecule has 7 rings (SSSR count). The number of hydrogen-bond acceptors (Lipinski definition) is 7. The summed E-state index contributed by atoms with van der Waals surface area (Å²) < 4.78 is 37.7. The van der Waals surface area contributed by atoms with Gasteiger partial charge in [-0.3, -0.25) is 9.78 Å². The summed E-state index contributed by atoms with van der Waals surface area (Å²) in [7, 11) is 2.08. The summed E-state index contributed by atoms with van der Waals surface area (Å²) in [4.78, 5) is 32.9. The van der Waals surface area contributed by atoms with Crippen LogP contribution in [0.3, 0.4) is 0 Å². The number of amides is 1. The van der Waals surface area contributed by atoms with E-state index in [1.165, 1.54) is 12.1 Å². The van der Waals surface area contributed by atoms with Crippen LogP contribution in [0.1, 0.15) is 37.7 Å². The molecule has 0 aliphatic carbocycles. The minimum atomic E-state index is -0.668. The number of pyridine rings is 1. The third kappa shape index (κ3) is 5.05. The molecule has 10 heteroatoms. The van der Waals surface area contributed by atoms with E-state index in [2.05, 4.69) is 39.3 Å². The van der Waals surface area contributed by atoms with Crippen molar-refractivity contribution in [3.63, 3.8) is 0 Å². The number of rotatable bonds is 6. The Morgan fingerprint density at radius 2 is 1.93 bits per heavy atom. The Balaban J connectivity index is 1.35. The topological polar surface area (TPSA) is 74.7 Å². The first-order chi connectivity index (χ1) is 21.9. The van der Waals surface area contributed by atoms with Crippen LogP contribution in [0, 0.1) is 24.0 Å². The van der Waals surface area contributed by atoms with Crippen LogP contribution in [-0.2, 0) is 4.79 Å². The molecule has 230 valence electrons. The van der Waals surface area contributed by atoms with Crippen LogP contribution in [0.4, 0.5) is 14.6 Å². The van der Waals surface area contributed by atoms with Crippen molar-refractivity contribution in [1.82, 2.24) is 24.8 Å². The lowest BCUT2D eigenvalue weighted by Gasteiger charge is -2.41.